The summed E-state index contributed by atoms with van der Waals surface area (Å²) in [6.07, 6.45) is -0.609. The van der Waals surface area contributed by atoms with Gasteiger partial charge in [-0.1, -0.05) is 70.7 Å². The molecule has 278 valence electrons. The number of carboxylic acid groups (broad SMARTS) is 1. The molecule has 1 unspecified atom stereocenters. The quantitative estimate of drug-likeness (QED) is 0.0921. The van der Waals surface area contributed by atoms with Gasteiger partial charge < -0.3 is 19.7 Å². The number of carbonyl (C=O) groups is 3. The van der Waals surface area contributed by atoms with Crippen LogP contribution in [0.1, 0.15) is 50.8 Å². The number of carboxylic acids is 1. The van der Waals surface area contributed by atoms with E-state index in [-0.39, 0.29) is 43.1 Å². The first kappa shape index (κ1) is 40.1. The minimum absolute atomic E-state index is 0.0441. The number of likely N-dealkylation sites (tertiary alicyclic amines) is 1. The molecule has 0 saturated carbocycles. The maximum absolute atomic E-state index is 16.7. The molecule has 8 nitrogen and oxygen atoms in total. The molecule has 2 heterocycles. The summed E-state index contributed by atoms with van der Waals surface area (Å²) in [4.78, 5) is 38.8. The van der Waals surface area contributed by atoms with Crippen molar-refractivity contribution in [1.29, 1.82) is 0 Å². The SMILES string of the molecule is CC(C)(C)[C@@H](c1cc(-c2cc(F)ccc2F)cn1Cc1ccccc1)C(NC(=O)CSCCC(=O)O)[C@H]1CCN(C(=O)OCC[Si](C)(C)C)[C@@H]1F. The molecule has 51 heavy (non-hydrogen) atoms. The number of hydrogen-bond donors (Lipinski definition) is 2. The van der Waals surface area contributed by atoms with E-state index in [0.29, 0.717) is 17.8 Å². The molecule has 0 aliphatic carbocycles. The lowest BCUT2D eigenvalue weighted by Gasteiger charge is -2.41. The Labute approximate surface area is 304 Å². The number of alkyl halides is 1. The van der Waals surface area contributed by atoms with Crippen LogP contribution in [0.25, 0.3) is 11.1 Å². The van der Waals surface area contributed by atoms with Crippen LogP contribution in [0.5, 0.6) is 0 Å². The fraction of sp³-hybridized carbons (Fsp3) is 0.500. The van der Waals surface area contributed by atoms with Gasteiger partial charge in [0.1, 0.15) is 11.6 Å². The van der Waals surface area contributed by atoms with Gasteiger partial charge in [0.05, 0.1) is 18.8 Å². The van der Waals surface area contributed by atoms with E-state index in [1.165, 1.54) is 11.8 Å². The maximum atomic E-state index is 16.7. The van der Waals surface area contributed by atoms with Crippen LogP contribution in [0, 0.1) is 23.0 Å². The number of amides is 2. The molecule has 0 radical (unpaired) electrons. The smallest absolute Gasteiger partial charge is 0.412 e. The third-order valence-electron chi connectivity index (χ3n) is 9.12. The standard InChI is InChI=1S/C38H50F3N3O5SSi/c1-38(2,3)34(31-20-26(29-21-27(39)12-13-30(29)40)23-43(31)22-25-10-8-7-9-11-25)35(42-32(45)24-50-18-15-33(46)47)28-14-16-44(36(28)41)37(48)49-17-19-51(4,5)6/h7-13,20-21,23,28,34-36H,14-19,22,24H2,1-6H3,(H,42,45)(H,46,47)/t28-,34+,35?,36+/m1/s1. The topological polar surface area (TPSA) is 101 Å². The number of nitrogens with zero attached hydrogens (tertiary/aromatic N) is 2. The number of aliphatic carboxylic acids is 1. The second-order valence-electron chi connectivity index (χ2n) is 15.5. The molecule has 3 aromatic rings. The monoisotopic (exact) mass is 745 g/mol. The molecule has 4 atom stereocenters. The Morgan fingerprint density at radius 1 is 1.08 bits per heavy atom. The third kappa shape index (κ3) is 11.1. The van der Waals surface area contributed by atoms with Gasteiger partial charge in [0.15, 0.2) is 6.30 Å². The number of halogens is 3. The first-order valence-electron chi connectivity index (χ1n) is 17.3. The molecule has 1 aliphatic rings. The summed E-state index contributed by atoms with van der Waals surface area (Å²) in [6, 6.07) is 14.6. The molecule has 1 fully saturated rings. The number of hydrogen-bond acceptors (Lipinski definition) is 5. The van der Waals surface area contributed by atoms with E-state index in [9.17, 15) is 18.8 Å². The Bertz CT molecular complexity index is 1660. The van der Waals surface area contributed by atoms with Crippen molar-refractivity contribution in [3.8, 4) is 11.1 Å². The summed E-state index contributed by atoms with van der Waals surface area (Å²) in [6.45, 7) is 13.1. The van der Waals surface area contributed by atoms with Gasteiger partial charge in [-0.3, -0.25) is 14.5 Å². The van der Waals surface area contributed by atoms with Crippen LogP contribution in [0.15, 0.2) is 60.8 Å². The number of benzene rings is 2. The van der Waals surface area contributed by atoms with Gasteiger partial charge in [-0.05, 0) is 47.7 Å². The van der Waals surface area contributed by atoms with Crippen molar-refractivity contribution in [3.63, 3.8) is 0 Å². The Kier molecular flexibility index (Phi) is 13.5. The molecule has 2 N–H and O–H groups in total. The predicted molar refractivity (Wildman–Crippen MR) is 198 cm³/mol. The Morgan fingerprint density at radius 2 is 1.78 bits per heavy atom. The predicted octanol–water partition coefficient (Wildman–Crippen LogP) is 8.40. The van der Waals surface area contributed by atoms with E-state index in [4.69, 9.17) is 9.84 Å². The lowest BCUT2D eigenvalue weighted by atomic mass is 9.70. The zero-order chi connectivity index (χ0) is 37.5. The van der Waals surface area contributed by atoms with Crippen molar-refractivity contribution >= 4 is 37.8 Å². The zero-order valence-electron chi connectivity index (χ0n) is 30.3. The molecule has 2 aromatic carbocycles. The molecule has 1 aromatic heterocycles. The Hall–Kier alpha value is -3.71. The minimum Gasteiger partial charge on any atom is -0.481 e. The van der Waals surface area contributed by atoms with Crippen LogP contribution in [-0.4, -0.2) is 77.6 Å². The van der Waals surface area contributed by atoms with E-state index >= 15 is 8.78 Å². The third-order valence-corrected chi connectivity index (χ3v) is 11.8. The van der Waals surface area contributed by atoms with Crippen LogP contribution in [0.3, 0.4) is 0 Å². The first-order valence-corrected chi connectivity index (χ1v) is 22.2. The number of thioether (sulfide) groups is 1. The van der Waals surface area contributed by atoms with Gasteiger partial charge >= 0.3 is 12.1 Å². The summed E-state index contributed by atoms with van der Waals surface area (Å²) < 4.78 is 53.7. The van der Waals surface area contributed by atoms with Crippen LogP contribution in [-0.2, 0) is 20.9 Å². The fourth-order valence-corrected chi connectivity index (χ4v) is 8.03. The summed E-state index contributed by atoms with van der Waals surface area (Å²) in [5, 5.41) is 12.2. The zero-order valence-corrected chi connectivity index (χ0v) is 32.1. The highest BCUT2D eigenvalue weighted by Gasteiger charge is 2.49. The molecule has 1 aliphatic heterocycles. The van der Waals surface area contributed by atoms with E-state index in [1.54, 1.807) is 12.3 Å². The number of ether oxygens (including phenoxy) is 1. The highest BCUT2D eigenvalue weighted by molar-refractivity contribution is 7.99. The molecule has 0 bridgehead atoms. The maximum Gasteiger partial charge on any atom is 0.412 e. The van der Waals surface area contributed by atoms with E-state index < -0.39 is 67.3 Å². The van der Waals surface area contributed by atoms with Crippen molar-refractivity contribution in [2.24, 2.45) is 11.3 Å². The van der Waals surface area contributed by atoms with E-state index in [0.717, 1.165) is 34.7 Å². The molecule has 0 spiro atoms. The van der Waals surface area contributed by atoms with Crippen molar-refractivity contribution in [1.82, 2.24) is 14.8 Å². The highest BCUT2D eigenvalue weighted by Crippen LogP contribution is 2.45. The van der Waals surface area contributed by atoms with Gasteiger partial charge in [-0.2, -0.15) is 11.8 Å². The summed E-state index contributed by atoms with van der Waals surface area (Å²) in [5.41, 5.74) is 1.50. The second kappa shape index (κ2) is 17.2. The van der Waals surface area contributed by atoms with Crippen LogP contribution < -0.4 is 5.32 Å². The lowest BCUT2D eigenvalue weighted by molar-refractivity contribution is -0.136. The van der Waals surface area contributed by atoms with E-state index in [2.05, 4.69) is 25.0 Å². The van der Waals surface area contributed by atoms with Crippen LogP contribution >= 0.6 is 11.8 Å². The minimum atomic E-state index is -1.77. The highest BCUT2D eigenvalue weighted by atomic mass is 32.2. The van der Waals surface area contributed by atoms with Crippen LogP contribution in [0.2, 0.25) is 25.7 Å². The summed E-state index contributed by atoms with van der Waals surface area (Å²) >= 11 is 1.17. The van der Waals surface area contributed by atoms with Crippen molar-refractivity contribution in [2.75, 3.05) is 24.7 Å². The number of rotatable bonds is 15. The van der Waals surface area contributed by atoms with Crippen molar-refractivity contribution in [2.45, 2.75) is 84.1 Å². The summed E-state index contributed by atoms with van der Waals surface area (Å²) in [7, 11) is -1.51. The molecular formula is C38H50F3N3O5SSi. The summed E-state index contributed by atoms with van der Waals surface area (Å²) in [5.74, 6) is -3.79. The average Bonchev–Trinajstić information content (AvgIpc) is 3.62. The van der Waals surface area contributed by atoms with Crippen molar-refractivity contribution in [3.05, 3.63) is 83.7 Å². The molecule has 13 heteroatoms. The van der Waals surface area contributed by atoms with Gasteiger partial charge in [0, 0.05) is 67.8 Å². The van der Waals surface area contributed by atoms with Gasteiger partial charge in [-0.25, -0.2) is 18.0 Å². The second-order valence-corrected chi connectivity index (χ2v) is 22.2. The van der Waals surface area contributed by atoms with Crippen molar-refractivity contribution < 1.29 is 37.4 Å². The van der Waals surface area contributed by atoms with Gasteiger partial charge in [0.25, 0.3) is 0 Å². The largest absolute Gasteiger partial charge is 0.481 e. The number of carbonyl (C=O) groups excluding carboxylic acids is 2. The molecule has 2 amide bonds. The average molecular weight is 746 g/mol. The molecular weight excluding hydrogens is 696 g/mol. The van der Waals surface area contributed by atoms with Crippen LogP contribution in [0.4, 0.5) is 18.0 Å². The van der Waals surface area contributed by atoms with E-state index in [1.807, 2.05) is 55.7 Å². The molecule has 4 rings (SSSR count). The Morgan fingerprint density at radius 3 is 2.43 bits per heavy atom. The van der Waals surface area contributed by atoms with Gasteiger partial charge in [0.2, 0.25) is 5.91 Å². The fourth-order valence-electron chi connectivity index (χ4n) is 6.58. The molecule has 1 saturated heterocycles. The first-order chi connectivity index (χ1) is 23.9. The normalized spacial score (nSPS) is 17.6. The number of nitrogens with one attached hydrogen (secondary N) is 1. The van der Waals surface area contributed by atoms with Gasteiger partial charge in [-0.15, -0.1) is 0 Å². The number of aromatic nitrogens is 1. The Balaban J connectivity index is 1.78. The lowest BCUT2D eigenvalue weighted by Crippen LogP contribution is -2.52.